The van der Waals surface area contributed by atoms with Crippen molar-refractivity contribution in [1.29, 1.82) is 0 Å². The van der Waals surface area contributed by atoms with Gasteiger partial charge in [0.05, 0.1) is 28.5 Å². The molecule has 6 nitrogen and oxygen atoms in total. The van der Waals surface area contributed by atoms with Crippen molar-refractivity contribution in [3.8, 4) is 22.8 Å². The summed E-state index contributed by atoms with van der Waals surface area (Å²) in [7, 11) is 1.54. The van der Waals surface area contributed by atoms with Crippen LogP contribution >= 0.6 is 23.2 Å². The summed E-state index contributed by atoms with van der Waals surface area (Å²) in [6.45, 7) is 2.00. The summed E-state index contributed by atoms with van der Waals surface area (Å²) in [4.78, 5) is 17.4. The van der Waals surface area contributed by atoms with Gasteiger partial charge in [-0.3, -0.25) is 4.79 Å². The Hall–Kier alpha value is -3.35. The second kappa shape index (κ2) is 8.79. The monoisotopic (exact) mass is 452 g/mol. The fraction of sp³-hybridized carbons (Fsp3) is 0.0870. The lowest BCUT2D eigenvalue weighted by molar-refractivity contribution is 0.101. The summed E-state index contributed by atoms with van der Waals surface area (Å²) < 4.78 is 6.87. The van der Waals surface area contributed by atoms with Gasteiger partial charge in [0.15, 0.2) is 5.82 Å². The number of carbonyl (C=O) groups is 1. The van der Waals surface area contributed by atoms with E-state index >= 15 is 0 Å². The molecule has 0 aliphatic carbocycles. The van der Waals surface area contributed by atoms with Crippen molar-refractivity contribution in [2.45, 2.75) is 6.92 Å². The average Bonchev–Trinajstić information content (AvgIpc) is 3.22. The highest BCUT2D eigenvalue weighted by atomic mass is 35.5. The molecule has 0 saturated heterocycles. The number of benzene rings is 3. The zero-order valence-corrected chi connectivity index (χ0v) is 18.3. The molecule has 0 atom stereocenters. The van der Waals surface area contributed by atoms with E-state index in [1.807, 2.05) is 37.3 Å². The number of halogens is 2. The maximum atomic E-state index is 12.9. The van der Waals surface area contributed by atoms with Gasteiger partial charge < -0.3 is 10.1 Å². The maximum absolute atomic E-state index is 12.9. The predicted molar refractivity (Wildman–Crippen MR) is 122 cm³/mol. The summed E-state index contributed by atoms with van der Waals surface area (Å²) in [5.41, 5.74) is 3.07. The van der Waals surface area contributed by atoms with Gasteiger partial charge in [0.2, 0.25) is 5.82 Å². The van der Waals surface area contributed by atoms with Gasteiger partial charge in [0.25, 0.3) is 5.91 Å². The largest absolute Gasteiger partial charge is 0.495 e. The van der Waals surface area contributed by atoms with E-state index in [1.54, 1.807) is 41.1 Å². The third kappa shape index (κ3) is 4.40. The third-order valence-corrected chi connectivity index (χ3v) is 5.36. The molecule has 0 bridgehead atoms. The summed E-state index contributed by atoms with van der Waals surface area (Å²) in [5, 5.41) is 8.06. The Morgan fingerprint density at radius 3 is 2.45 bits per heavy atom. The van der Waals surface area contributed by atoms with E-state index in [0.717, 1.165) is 11.1 Å². The number of carbonyl (C=O) groups excluding carboxylic acids is 1. The molecule has 0 fully saturated rings. The lowest BCUT2D eigenvalue weighted by Gasteiger charge is -2.08. The summed E-state index contributed by atoms with van der Waals surface area (Å²) in [6.07, 6.45) is 0. The van der Waals surface area contributed by atoms with Gasteiger partial charge >= 0.3 is 0 Å². The lowest BCUT2D eigenvalue weighted by atomic mass is 10.1. The lowest BCUT2D eigenvalue weighted by Crippen LogP contribution is -2.15. The molecule has 0 saturated carbocycles. The van der Waals surface area contributed by atoms with Crippen LogP contribution in [0.25, 0.3) is 17.1 Å². The van der Waals surface area contributed by atoms with Gasteiger partial charge in [0.1, 0.15) is 5.75 Å². The Bertz CT molecular complexity index is 1250. The minimum atomic E-state index is -0.461. The maximum Gasteiger partial charge on any atom is 0.295 e. The average molecular weight is 453 g/mol. The van der Waals surface area contributed by atoms with E-state index < -0.39 is 5.91 Å². The van der Waals surface area contributed by atoms with Crippen LogP contribution in [0, 0.1) is 6.92 Å². The number of hydrogen-bond donors (Lipinski definition) is 1. The van der Waals surface area contributed by atoms with Crippen molar-refractivity contribution in [3.63, 3.8) is 0 Å². The third-order valence-electron chi connectivity index (χ3n) is 4.62. The summed E-state index contributed by atoms with van der Waals surface area (Å²) >= 11 is 12.3. The molecule has 0 aliphatic heterocycles. The quantitative estimate of drug-likeness (QED) is 0.414. The van der Waals surface area contributed by atoms with Crippen LogP contribution in [0.2, 0.25) is 10.0 Å². The second-order valence-electron chi connectivity index (χ2n) is 6.79. The van der Waals surface area contributed by atoms with Gasteiger partial charge in [-0.05, 0) is 37.3 Å². The first-order valence-electron chi connectivity index (χ1n) is 9.40. The number of aryl methyl sites for hydroxylation is 1. The number of aromatic nitrogens is 3. The van der Waals surface area contributed by atoms with Crippen LogP contribution < -0.4 is 10.1 Å². The summed E-state index contributed by atoms with van der Waals surface area (Å²) in [5.74, 6) is 0.589. The fourth-order valence-corrected chi connectivity index (χ4v) is 3.31. The molecule has 1 N–H and O–H groups in total. The molecule has 3 aromatic carbocycles. The molecular formula is C23H18Cl2N4O2. The number of hydrogen-bond acceptors (Lipinski definition) is 4. The van der Waals surface area contributed by atoms with Crippen LogP contribution in [-0.4, -0.2) is 27.8 Å². The zero-order chi connectivity index (χ0) is 22.0. The zero-order valence-electron chi connectivity index (χ0n) is 16.8. The van der Waals surface area contributed by atoms with Crippen molar-refractivity contribution >= 4 is 34.8 Å². The Kier molecular flexibility index (Phi) is 5.93. The van der Waals surface area contributed by atoms with Crippen molar-refractivity contribution in [2.75, 3.05) is 12.4 Å². The molecule has 0 spiro atoms. The van der Waals surface area contributed by atoms with Crippen molar-refractivity contribution in [3.05, 3.63) is 88.2 Å². The topological polar surface area (TPSA) is 69.0 Å². The number of para-hydroxylation sites is 2. The van der Waals surface area contributed by atoms with Gasteiger partial charge in [-0.15, -0.1) is 5.10 Å². The smallest absolute Gasteiger partial charge is 0.295 e. The first-order chi connectivity index (χ1) is 15.0. The standard InChI is InChI=1S/C23H18Cl2N4O2/c1-14-7-9-15(10-8-14)22-27-21(23(30)26-19-5-3-4-6-20(19)31-2)28-29(22)16-11-12-17(24)18(25)13-16/h3-13H,1-2H3,(H,26,30). The van der Waals surface area contributed by atoms with Crippen LogP contribution in [-0.2, 0) is 0 Å². The van der Waals surface area contributed by atoms with E-state index in [9.17, 15) is 4.79 Å². The highest BCUT2D eigenvalue weighted by Crippen LogP contribution is 2.28. The normalized spacial score (nSPS) is 10.7. The van der Waals surface area contributed by atoms with Crippen LogP contribution in [0.5, 0.6) is 5.75 Å². The minimum Gasteiger partial charge on any atom is -0.495 e. The van der Waals surface area contributed by atoms with E-state index in [-0.39, 0.29) is 5.82 Å². The SMILES string of the molecule is COc1ccccc1NC(=O)c1nc(-c2ccc(C)cc2)n(-c2ccc(Cl)c(Cl)c2)n1. The number of nitrogens with zero attached hydrogens (tertiary/aromatic N) is 3. The van der Waals surface area contributed by atoms with Crippen LogP contribution in [0.4, 0.5) is 5.69 Å². The van der Waals surface area contributed by atoms with Crippen LogP contribution in [0.1, 0.15) is 16.2 Å². The Morgan fingerprint density at radius 1 is 1.00 bits per heavy atom. The van der Waals surface area contributed by atoms with Crippen molar-refractivity contribution < 1.29 is 9.53 Å². The number of ether oxygens (including phenoxy) is 1. The number of nitrogens with one attached hydrogen (secondary N) is 1. The Balaban J connectivity index is 1.78. The Morgan fingerprint density at radius 2 is 1.74 bits per heavy atom. The van der Waals surface area contributed by atoms with Gasteiger partial charge in [-0.2, -0.15) is 0 Å². The van der Waals surface area contributed by atoms with E-state index in [0.29, 0.717) is 33.0 Å². The van der Waals surface area contributed by atoms with Crippen LogP contribution in [0.3, 0.4) is 0 Å². The van der Waals surface area contributed by atoms with E-state index in [1.165, 1.54) is 7.11 Å². The van der Waals surface area contributed by atoms with Crippen molar-refractivity contribution in [1.82, 2.24) is 14.8 Å². The number of methoxy groups -OCH3 is 1. The number of anilines is 1. The highest BCUT2D eigenvalue weighted by Gasteiger charge is 2.20. The molecule has 1 amide bonds. The molecular weight excluding hydrogens is 435 g/mol. The first kappa shape index (κ1) is 20.9. The molecule has 0 unspecified atom stereocenters. The fourth-order valence-electron chi connectivity index (χ4n) is 3.02. The number of rotatable bonds is 5. The van der Waals surface area contributed by atoms with Gasteiger partial charge in [-0.25, -0.2) is 9.67 Å². The molecule has 0 aliphatic rings. The molecule has 0 radical (unpaired) electrons. The summed E-state index contributed by atoms with van der Waals surface area (Å²) in [6, 6.07) is 20.0. The predicted octanol–water partition coefficient (Wildman–Crippen LogP) is 5.81. The van der Waals surface area contributed by atoms with E-state index in [4.69, 9.17) is 27.9 Å². The first-order valence-corrected chi connectivity index (χ1v) is 10.2. The molecule has 8 heteroatoms. The van der Waals surface area contributed by atoms with Gasteiger partial charge in [-0.1, -0.05) is 65.2 Å². The minimum absolute atomic E-state index is 0.00699. The molecule has 1 aromatic heterocycles. The van der Waals surface area contributed by atoms with Crippen LogP contribution in [0.15, 0.2) is 66.7 Å². The molecule has 1 heterocycles. The van der Waals surface area contributed by atoms with E-state index in [2.05, 4.69) is 15.4 Å². The molecule has 156 valence electrons. The Labute approximate surface area is 189 Å². The van der Waals surface area contributed by atoms with Gasteiger partial charge in [0, 0.05) is 5.56 Å². The highest BCUT2D eigenvalue weighted by molar-refractivity contribution is 6.42. The second-order valence-corrected chi connectivity index (χ2v) is 7.60. The molecule has 4 rings (SSSR count). The molecule has 31 heavy (non-hydrogen) atoms. The molecule has 4 aromatic rings. The van der Waals surface area contributed by atoms with Crippen molar-refractivity contribution in [2.24, 2.45) is 0 Å². The number of amides is 1.